The largest absolute Gasteiger partial charge is 0.342 e. The van der Waals surface area contributed by atoms with Gasteiger partial charge in [-0.05, 0) is 12.1 Å². The molecule has 72 valence electrons. The van der Waals surface area contributed by atoms with E-state index in [1.807, 2.05) is 24.3 Å². The quantitative estimate of drug-likeness (QED) is 0.640. The van der Waals surface area contributed by atoms with Gasteiger partial charge in [0.15, 0.2) is 5.82 Å². The highest BCUT2D eigenvalue weighted by Gasteiger charge is 2.05. The number of nitrogens with one attached hydrogen (secondary N) is 1. The van der Waals surface area contributed by atoms with Crippen molar-refractivity contribution in [2.24, 2.45) is 0 Å². The van der Waals surface area contributed by atoms with Gasteiger partial charge >= 0.3 is 0 Å². The van der Waals surface area contributed by atoms with E-state index in [9.17, 15) is 0 Å². The molecule has 0 aliphatic rings. The Labute approximate surface area is 85.2 Å². The van der Waals surface area contributed by atoms with Crippen LogP contribution in [0.4, 0.5) is 0 Å². The third kappa shape index (κ3) is 1.34. The van der Waals surface area contributed by atoms with Gasteiger partial charge in [0.25, 0.3) is 0 Å². The number of para-hydroxylation sites is 1. The van der Waals surface area contributed by atoms with Gasteiger partial charge in [-0.1, -0.05) is 12.1 Å². The zero-order chi connectivity index (χ0) is 10.1. The number of aromatic nitrogens is 5. The molecule has 5 heteroatoms. The van der Waals surface area contributed by atoms with Gasteiger partial charge < -0.3 is 4.98 Å². The Morgan fingerprint density at radius 3 is 2.67 bits per heavy atom. The smallest absolute Gasteiger partial charge is 0.218 e. The first-order valence-electron chi connectivity index (χ1n) is 4.53. The molecule has 1 N–H and O–H groups in total. The lowest BCUT2D eigenvalue weighted by molar-refractivity contribution is 1.01. The number of hydrogen-bond donors (Lipinski definition) is 1. The van der Waals surface area contributed by atoms with E-state index in [4.69, 9.17) is 0 Å². The maximum Gasteiger partial charge on any atom is 0.218 e. The second-order valence-corrected chi connectivity index (χ2v) is 3.06. The fourth-order valence-electron chi connectivity index (χ4n) is 1.37. The van der Waals surface area contributed by atoms with E-state index < -0.39 is 0 Å². The SMILES string of the molecule is c1ccc2nc(-c3ncc[nH]3)nnc2c1. The van der Waals surface area contributed by atoms with E-state index in [2.05, 4.69) is 25.1 Å². The second-order valence-electron chi connectivity index (χ2n) is 3.06. The highest BCUT2D eigenvalue weighted by molar-refractivity contribution is 5.74. The maximum atomic E-state index is 4.35. The van der Waals surface area contributed by atoms with Gasteiger partial charge in [0.1, 0.15) is 5.52 Å². The van der Waals surface area contributed by atoms with Crippen molar-refractivity contribution in [3.05, 3.63) is 36.7 Å². The maximum absolute atomic E-state index is 4.35. The molecule has 5 nitrogen and oxygen atoms in total. The van der Waals surface area contributed by atoms with E-state index in [0.717, 1.165) is 11.0 Å². The van der Waals surface area contributed by atoms with Crippen LogP contribution in [0.2, 0.25) is 0 Å². The molecule has 15 heavy (non-hydrogen) atoms. The van der Waals surface area contributed by atoms with Crippen LogP contribution in [-0.2, 0) is 0 Å². The Hall–Kier alpha value is -2.30. The van der Waals surface area contributed by atoms with Crippen LogP contribution in [0.3, 0.4) is 0 Å². The van der Waals surface area contributed by atoms with Crippen molar-refractivity contribution in [3.8, 4) is 11.6 Å². The highest BCUT2D eigenvalue weighted by atomic mass is 15.2. The Bertz CT molecular complexity index is 588. The van der Waals surface area contributed by atoms with Crippen LogP contribution >= 0.6 is 0 Å². The summed E-state index contributed by atoms with van der Waals surface area (Å²) < 4.78 is 0. The second kappa shape index (κ2) is 3.13. The first-order valence-corrected chi connectivity index (χ1v) is 4.53. The third-order valence-corrected chi connectivity index (χ3v) is 2.07. The fourth-order valence-corrected chi connectivity index (χ4v) is 1.37. The number of aromatic amines is 1. The molecule has 0 saturated carbocycles. The third-order valence-electron chi connectivity index (χ3n) is 2.07. The summed E-state index contributed by atoms with van der Waals surface area (Å²) in [5, 5.41) is 8.06. The molecule has 0 amide bonds. The molecular weight excluding hydrogens is 190 g/mol. The van der Waals surface area contributed by atoms with Gasteiger partial charge in [0, 0.05) is 12.4 Å². The summed E-state index contributed by atoms with van der Waals surface area (Å²) in [6.45, 7) is 0. The zero-order valence-electron chi connectivity index (χ0n) is 7.75. The molecular formula is C10H7N5. The number of rotatable bonds is 1. The Morgan fingerprint density at radius 2 is 1.87 bits per heavy atom. The molecule has 1 aromatic carbocycles. The molecule has 3 rings (SSSR count). The summed E-state index contributed by atoms with van der Waals surface area (Å²) >= 11 is 0. The lowest BCUT2D eigenvalue weighted by Gasteiger charge is -1.96. The van der Waals surface area contributed by atoms with Crippen LogP contribution in [0, 0.1) is 0 Å². The molecule has 0 saturated heterocycles. The molecule has 2 aromatic heterocycles. The van der Waals surface area contributed by atoms with Gasteiger partial charge in [0.05, 0.1) is 5.52 Å². The molecule has 0 bridgehead atoms. The van der Waals surface area contributed by atoms with Gasteiger partial charge in [-0.2, -0.15) is 0 Å². The Morgan fingerprint density at radius 1 is 1.00 bits per heavy atom. The van der Waals surface area contributed by atoms with Crippen molar-refractivity contribution in [2.45, 2.75) is 0 Å². The average Bonchev–Trinajstić information content (AvgIpc) is 2.82. The summed E-state index contributed by atoms with van der Waals surface area (Å²) in [5.74, 6) is 1.15. The highest BCUT2D eigenvalue weighted by Crippen LogP contribution is 2.11. The standard InChI is InChI=1S/C10H7N5/c1-2-4-8-7(3-1)13-10(15-14-8)9-11-5-6-12-9/h1-6H,(H,11,12). The molecule has 0 unspecified atom stereocenters. The number of imidazole rings is 1. The topological polar surface area (TPSA) is 67.3 Å². The van der Waals surface area contributed by atoms with E-state index in [0.29, 0.717) is 11.6 Å². The number of fused-ring (bicyclic) bond motifs is 1. The van der Waals surface area contributed by atoms with Crippen LogP contribution < -0.4 is 0 Å². The summed E-state index contributed by atoms with van der Waals surface area (Å²) in [5.41, 5.74) is 1.60. The Kier molecular flexibility index (Phi) is 1.68. The van der Waals surface area contributed by atoms with Crippen LogP contribution in [0.1, 0.15) is 0 Å². The van der Waals surface area contributed by atoms with E-state index in [-0.39, 0.29) is 0 Å². The van der Waals surface area contributed by atoms with Crippen molar-refractivity contribution in [1.29, 1.82) is 0 Å². The van der Waals surface area contributed by atoms with Crippen LogP contribution in [0.5, 0.6) is 0 Å². The lowest BCUT2D eigenvalue weighted by atomic mass is 10.3. The molecule has 0 aliphatic carbocycles. The minimum absolute atomic E-state index is 0.513. The fraction of sp³-hybridized carbons (Fsp3) is 0. The Balaban J connectivity index is 2.22. The summed E-state index contributed by atoms with van der Waals surface area (Å²) in [6, 6.07) is 7.60. The lowest BCUT2D eigenvalue weighted by Crippen LogP contribution is -1.94. The van der Waals surface area contributed by atoms with Crippen molar-refractivity contribution in [3.63, 3.8) is 0 Å². The van der Waals surface area contributed by atoms with Crippen molar-refractivity contribution in [1.82, 2.24) is 25.1 Å². The zero-order valence-corrected chi connectivity index (χ0v) is 7.75. The normalized spacial score (nSPS) is 10.7. The average molecular weight is 197 g/mol. The number of hydrogen-bond acceptors (Lipinski definition) is 4. The molecule has 3 aromatic rings. The molecule has 0 fully saturated rings. The van der Waals surface area contributed by atoms with Gasteiger partial charge in [-0.15, -0.1) is 10.2 Å². The summed E-state index contributed by atoms with van der Waals surface area (Å²) in [4.78, 5) is 11.4. The van der Waals surface area contributed by atoms with Crippen LogP contribution in [0.15, 0.2) is 36.7 Å². The van der Waals surface area contributed by atoms with E-state index in [1.54, 1.807) is 12.4 Å². The minimum atomic E-state index is 0.513. The number of benzene rings is 1. The predicted octanol–water partition coefficient (Wildman–Crippen LogP) is 1.41. The first kappa shape index (κ1) is 8.05. The molecule has 0 spiro atoms. The summed E-state index contributed by atoms with van der Waals surface area (Å²) in [7, 11) is 0. The van der Waals surface area contributed by atoms with E-state index in [1.165, 1.54) is 0 Å². The van der Waals surface area contributed by atoms with Crippen molar-refractivity contribution >= 4 is 11.0 Å². The first-order chi connectivity index (χ1) is 7.43. The molecule has 0 atom stereocenters. The minimum Gasteiger partial charge on any atom is -0.342 e. The number of H-pyrrole nitrogens is 1. The van der Waals surface area contributed by atoms with Crippen LogP contribution in [-0.4, -0.2) is 25.1 Å². The molecule has 0 aliphatic heterocycles. The monoisotopic (exact) mass is 197 g/mol. The number of nitrogens with zero attached hydrogens (tertiary/aromatic N) is 4. The predicted molar refractivity (Wildman–Crippen MR) is 54.9 cm³/mol. The molecule has 2 heterocycles. The van der Waals surface area contributed by atoms with Gasteiger partial charge in [-0.3, -0.25) is 0 Å². The van der Waals surface area contributed by atoms with Crippen LogP contribution in [0.25, 0.3) is 22.7 Å². The summed E-state index contributed by atoms with van der Waals surface area (Å²) in [6.07, 6.45) is 3.39. The molecule has 0 radical (unpaired) electrons. The van der Waals surface area contributed by atoms with Crippen molar-refractivity contribution in [2.75, 3.05) is 0 Å². The van der Waals surface area contributed by atoms with E-state index >= 15 is 0 Å². The van der Waals surface area contributed by atoms with Gasteiger partial charge in [0.2, 0.25) is 5.82 Å². The van der Waals surface area contributed by atoms with Gasteiger partial charge in [-0.25, -0.2) is 9.97 Å². The van der Waals surface area contributed by atoms with Crippen molar-refractivity contribution < 1.29 is 0 Å².